The van der Waals surface area contributed by atoms with Crippen molar-refractivity contribution in [1.82, 2.24) is 4.90 Å². The van der Waals surface area contributed by atoms with Gasteiger partial charge in [0.1, 0.15) is 6.61 Å². The van der Waals surface area contributed by atoms with E-state index in [0.29, 0.717) is 18.1 Å². The summed E-state index contributed by atoms with van der Waals surface area (Å²) in [5, 5.41) is 0. The maximum Gasteiger partial charge on any atom is 0.282 e. The Bertz CT molecular complexity index is 798. The van der Waals surface area contributed by atoms with Gasteiger partial charge in [0.05, 0.1) is 20.2 Å². The fourth-order valence-corrected chi connectivity index (χ4v) is 2.58. The van der Waals surface area contributed by atoms with E-state index in [0.717, 1.165) is 16.0 Å². The number of hydrogen-bond acceptors (Lipinski definition) is 3. The number of rotatable bonds is 6. The molecular formula is C20H19F2NO3. The lowest BCUT2D eigenvalue weighted by Gasteiger charge is -2.37. The van der Waals surface area contributed by atoms with Crippen molar-refractivity contribution in [2.24, 2.45) is 0 Å². The third-order valence-corrected chi connectivity index (χ3v) is 4.00. The summed E-state index contributed by atoms with van der Waals surface area (Å²) in [7, 11) is 1.53. The van der Waals surface area contributed by atoms with Crippen LogP contribution in [0.1, 0.15) is 11.1 Å². The normalized spacial score (nSPS) is 15.6. The number of carbonyl (C=O) groups excluding carboxylic acids is 1. The highest BCUT2D eigenvalue weighted by Crippen LogP contribution is 2.30. The van der Waals surface area contributed by atoms with Crippen molar-refractivity contribution in [3.8, 4) is 11.5 Å². The largest absolute Gasteiger partial charge is 0.493 e. The molecule has 1 saturated heterocycles. The molecule has 3 rings (SSSR count). The molecular weight excluding hydrogens is 340 g/mol. The van der Waals surface area contributed by atoms with E-state index in [1.165, 1.54) is 13.2 Å². The zero-order chi connectivity index (χ0) is 18.6. The summed E-state index contributed by atoms with van der Waals surface area (Å²) < 4.78 is 36.7. The number of amides is 1. The summed E-state index contributed by atoms with van der Waals surface area (Å²) in [5.41, 5.74) is 1.75. The van der Waals surface area contributed by atoms with Gasteiger partial charge in [0.15, 0.2) is 11.5 Å². The summed E-state index contributed by atoms with van der Waals surface area (Å²) >= 11 is 0. The van der Waals surface area contributed by atoms with Crippen molar-refractivity contribution < 1.29 is 23.0 Å². The van der Waals surface area contributed by atoms with Crippen LogP contribution in [0.4, 0.5) is 8.78 Å². The van der Waals surface area contributed by atoms with Gasteiger partial charge < -0.3 is 14.4 Å². The Labute approximate surface area is 150 Å². The van der Waals surface area contributed by atoms with Crippen LogP contribution in [0.2, 0.25) is 0 Å². The molecule has 0 spiro atoms. The van der Waals surface area contributed by atoms with Gasteiger partial charge in [-0.15, -0.1) is 0 Å². The molecule has 1 amide bonds. The van der Waals surface area contributed by atoms with E-state index in [1.54, 1.807) is 24.3 Å². The average molecular weight is 359 g/mol. The van der Waals surface area contributed by atoms with Crippen molar-refractivity contribution in [2.45, 2.75) is 12.5 Å². The molecule has 0 bridgehead atoms. The summed E-state index contributed by atoms with van der Waals surface area (Å²) in [6, 6.07) is 15.0. The van der Waals surface area contributed by atoms with Gasteiger partial charge in [-0.1, -0.05) is 36.4 Å². The molecule has 0 aromatic heterocycles. The van der Waals surface area contributed by atoms with E-state index in [-0.39, 0.29) is 0 Å². The minimum atomic E-state index is -2.76. The smallest absolute Gasteiger partial charge is 0.282 e. The molecule has 2 aromatic carbocycles. The molecule has 1 aliphatic rings. The highest BCUT2D eigenvalue weighted by Gasteiger charge is 2.45. The number of halogens is 2. The lowest BCUT2D eigenvalue weighted by Crippen LogP contribution is -2.57. The van der Waals surface area contributed by atoms with E-state index >= 15 is 0 Å². The Morgan fingerprint density at radius 2 is 1.88 bits per heavy atom. The van der Waals surface area contributed by atoms with Crippen molar-refractivity contribution in [3.63, 3.8) is 0 Å². The Kier molecular flexibility index (Phi) is 5.21. The molecule has 1 heterocycles. The van der Waals surface area contributed by atoms with Gasteiger partial charge in [-0.3, -0.25) is 4.79 Å². The number of ether oxygens (including phenoxy) is 2. The molecule has 0 saturated carbocycles. The van der Waals surface area contributed by atoms with Crippen LogP contribution in [-0.4, -0.2) is 36.9 Å². The van der Waals surface area contributed by atoms with Crippen molar-refractivity contribution in [3.05, 3.63) is 65.7 Å². The highest BCUT2D eigenvalue weighted by molar-refractivity contribution is 5.92. The van der Waals surface area contributed by atoms with Gasteiger partial charge in [-0.05, 0) is 29.3 Å². The molecule has 0 N–H and O–H groups in total. The molecule has 26 heavy (non-hydrogen) atoms. The number of methoxy groups -OCH3 is 1. The first-order valence-corrected chi connectivity index (χ1v) is 8.16. The van der Waals surface area contributed by atoms with Crippen LogP contribution in [-0.2, 0) is 11.4 Å². The number of hydrogen-bond donors (Lipinski definition) is 0. The lowest BCUT2D eigenvalue weighted by molar-refractivity contribution is -0.160. The summed E-state index contributed by atoms with van der Waals surface area (Å²) in [5.74, 6) is -2.07. The first-order chi connectivity index (χ1) is 12.5. The van der Waals surface area contributed by atoms with E-state index in [1.807, 2.05) is 30.3 Å². The Morgan fingerprint density at radius 3 is 2.54 bits per heavy atom. The van der Waals surface area contributed by atoms with Gasteiger partial charge in [0.2, 0.25) is 5.91 Å². The summed E-state index contributed by atoms with van der Waals surface area (Å²) in [6.45, 7) is -0.633. The van der Waals surface area contributed by atoms with Crippen LogP contribution in [0.25, 0.3) is 6.08 Å². The number of alkyl halides is 2. The minimum absolute atomic E-state index is 0.411. The maximum atomic E-state index is 12.8. The minimum Gasteiger partial charge on any atom is -0.493 e. The van der Waals surface area contributed by atoms with Crippen molar-refractivity contribution in [2.75, 3.05) is 20.2 Å². The van der Waals surface area contributed by atoms with Gasteiger partial charge in [0, 0.05) is 6.08 Å². The first kappa shape index (κ1) is 17.9. The highest BCUT2D eigenvalue weighted by atomic mass is 19.3. The predicted octanol–water partition coefficient (Wildman–Crippen LogP) is 3.76. The molecule has 0 atom stereocenters. The van der Waals surface area contributed by atoms with Crippen molar-refractivity contribution >= 4 is 12.0 Å². The SMILES string of the molecule is COc1cc(/C=C/C(=O)N2CC(F)(F)C2)ccc1OCc1ccccc1. The maximum absolute atomic E-state index is 12.8. The molecule has 1 fully saturated rings. The standard InChI is InChI=1S/C20H19F2NO3/c1-25-18-11-15(8-10-19(24)23-13-20(21,22)14-23)7-9-17(18)26-12-16-5-3-2-4-6-16/h2-11H,12-14H2,1H3/b10-8+. The quantitative estimate of drug-likeness (QED) is 0.737. The van der Waals surface area contributed by atoms with Crippen LogP contribution in [0.3, 0.4) is 0 Å². The second-order valence-electron chi connectivity index (χ2n) is 6.07. The van der Waals surface area contributed by atoms with E-state index in [4.69, 9.17) is 9.47 Å². The number of benzene rings is 2. The monoisotopic (exact) mass is 359 g/mol. The van der Waals surface area contributed by atoms with Crippen LogP contribution in [0.15, 0.2) is 54.6 Å². The zero-order valence-electron chi connectivity index (χ0n) is 14.3. The van der Waals surface area contributed by atoms with Crippen molar-refractivity contribution in [1.29, 1.82) is 0 Å². The van der Waals surface area contributed by atoms with Gasteiger partial charge in [0.25, 0.3) is 5.92 Å². The number of carbonyl (C=O) groups is 1. The Balaban J connectivity index is 1.63. The fourth-order valence-electron chi connectivity index (χ4n) is 2.58. The topological polar surface area (TPSA) is 38.8 Å². The molecule has 136 valence electrons. The average Bonchev–Trinajstić information content (AvgIpc) is 2.63. The molecule has 2 aromatic rings. The van der Waals surface area contributed by atoms with Gasteiger partial charge in [-0.2, -0.15) is 0 Å². The summed E-state index contributed by atoms with van der Waals surface area (Å²) in [4.78, 5) is 12.9. The van der Waals surface area contributed by atoms with Crippen LogP contribution in [0.5, 0.6) is 11.5 Å². The lowest BCUT2D eigenvalue weighted by atomic mass is 10.1. The molecule has 4 nitrogen and oxygen atoms in total. The Hall–Kier alpha value is -2.89. The molecule has 0 radical (unpaired) electrons. The van der Waals surface area contributed by atoms with Crippen LogP contribution >= 0.6 is 0 Å². The molecule has 6 heteroatoms. The third kappa shape index (κ3) is 4.39. The summed E-state index contributed by atoms with van der Waals surface area (Å²) in [6.07, 6.45) is 2.86. The Morgan fingerprint density at radius 1 is 1.15 bits per heavy atom. The predicted molar refractivity (Wildman–Crippen MR) is 94.3 cm³/mol. The second kappa shape index (κ2) is 7.56. The van der Waals surface area contributed by atoms with E-state index < -0.39 is 24.9 Å². The number of likely N-dealkylation sites (tertiary alicyclic amines) is 1. The first-order valence-electron chi connectivity index (χ1n) is 8.16. The molecule has 1 aliphatic heterocycles. The zero-order valence-corrected chi connectivity index (χ0v) is 14.3. The second-order valence-corrected chi connectivity index (χ2v) is 6.07. The van der Waals surface area contributed by atoms with E-state index in [2.05, 4.69) is 0 Å². The molecule has 0 unspecified atom stereocenters. The van der Waals surface area contributed by atoms with Gasteiger partial charge in [-0.25, -0.2) is 8.78 Å². The van der Waals surface area contributed by atoms with E-state index in [9.17, 15) is 13.6 Å². The number of nitrogens with zero attached hydrogens (tertiary/aromatic N) is 1. The van der Waals surface area contributed by atoms with Crippen LogP contribution < -0.4 is 9.47 Å². The van der Waals surface area contributed by atoms with Crippen LogP contribution in [0, 0.1) is 0 Å². The molecule has 0 aliphatic carbocycles. The fraction of sp³-hybridized carbons (Fsp3) is 0.250. The van der Waals surface area contributed by atoms with Gasteiger partial charge >= 0.3 is 0 Å². The third-order valence-electron chi connectivity index (χ3n) is 4.00.